The van der Waals surface area contributed by atoms with Crippen LogP contribution in [0.3, 0.4) is 0 Å². The van der Waals surface area contributed by atoms with E-state index in [9.17, 15) is 9.59 Å². The quantitative estimate of drug-likeness (QED) is 0.875. The van der Waals surface area contributed by atoms with E-state index in [2.05, 4.69) is 5.32 Å². The Bertz CT molecular complexity index is 811. The van der Waals surface area contributed by atoms with E-state index in [1.807, 2.05) is 32.0 Å². The lowest BCUT2D eigenvalue weighted by atomic mass is 10.1. The number of anilines is 1. The third-order valence-electron chi connectivity index (χ3n) is 4.12. The Kier molecular flexibility index (Phi) is 4.57. The SMILES string of the molecule is Cc1ccc(C)c(OCC(=O)Nc2sc3c(c2C(N)=O)CCC3)c1. The Balaban J connectivity index is 1.70. The molecule has 0 saturated carbocycles. The number of ether oxygens (including phenoxy) is 1. The number of carbonyl (C=O) groups is 2. The third kappa shape index (κ3) is 3.28. The molecule has 2 aromatic rings. The van der Waals surface area contributed by atoms with Crippen LogP contribution in [0.4, 0.5) is 5.00 Å². The number of fused-ring (bicyclic) bond motifs is 1. The van der Waals surface area contributed by atoms with Crippen LogP contribution in [-0.2, 0) is 17.6 Å². The van der Waals surface area contributed by atoms with Crippen LogP contribution in [0.15, 0.2) is 18.2 Å². The first-order chi connectivity index (χ1) is 11.5. The Morgan fingerprint density at radius 3 is 2.83 bits per heavy atom. The largest absolute Gasteiger partial charge is 0.483 e. The van der Waals surface area contributed by atoms with E-state index in [1.54, 1.807) is 0 Å². The van der Waals surface area contributed by atoms with Gasteiger partial charge in [-0.1, -0.05) is 12.1 Å². The van der Waals surface area contributed by atoms with Crippen LogP contribution in [-0.4, -0.2) is 18.4 Å². The fourth-order valence-electron chi connectivity index (χ4n) is 2.92. The standard InChI is InChI=1S/C18H20N2O3S/c1-10-6-7-11(2)13(8-10)23-9-15(21)20-18-16(17(19)22)12-4-3-5-14(12)24-18/h6-8H,3-5,9H2,1-2H3,(H2,19,22)(H,20,21). The molecule has 126 valence electrons. The van der Waals surface area contributed by atoms with Gasteiger partial charge in [0.15, 0.2) is 6.61 Å². The van der Waals surface area contributed by atoms with E-state index in [-0.39, 0.29) is 12.5 Å². The normalized spacial score (nSPS) is 12.8. The Morgan fingerprint density at radius 2 is 2.08 bits per heavy atom. The van der Waals surface area contributed by atoms with Gasteiger partial charge in [-0.3, -0.25) is 9.59 Å². The number of thiophene rings is 1. The smallest absolute Gasteiger partial charge is 0.262 e. The van der Waals surface area contributed by atoms with Gasteiger partial charge in [0.1, 0.15) is 10.8 Å². The number of hydrogen-bond donors (Lipinski definition) is 2. The van der Waals surface area contributed by atoms with E-state index in [0.717, 1.165) is 40.8 Å². The van der Waals surface area contributed by atoms with Crippen molar-refractivity contribution in [3.63, 3.8) is 0 Å². The average Bonchev–Trinajstić information content (AvgIpc) is 3.08. The van der Waals surface area contributed by atoms with Crippen molar-refractivity contribution >= 4 is 28.2 Å². The number of aryl methyl sites for hydroxylation is 3. The zero-order valence-corrected chi connectivity index (χ0v) is 14.6. The maximum absolute atomic E-state index is 12.2. The van der Waals surface area contributed by atoms with Gasteiger partial charge in [0.25, 0.3) is 11.8 Å². The van der Waals surface area contributed by atoms with Crippen LogP contribution < -0.4 is 15.8 Å². The van der Waals surface area contributed by atoms with E-state index in [1.165, 1.54) is 11.3 Å². The van der Waals surface area contributed by atoms with Crippen molar-refractivity contribution in [2.24, 2.45) is 5.73 Å². The predicted molar refractivity (Wildman–Crippen MR) is 94.9 cm³/mol. The zero-order chi connectivity index (χ0) is 17.3. The second-order valence-electron chi connectivity index (χ2n) is 6.03. The van der Waals surface area contributed by atoms with Crippen LogP contribution in [0.5, 0.6) is 5.75 Å². The molecule has 0 fully saturated rings. The molecule has 1 aliphatic rings. The second kappa shape index (κ2) is 6.65. The highest BCUT2D eigenvalue weighted by Crippen LogP contribution is 2.38. The summed E-state index contributed by atoms with van der Waals surface area (Å²) in [6, 6.07) is 5.85. The summed E-state index contributed by atoms with van der Waals surface area (Å²) in [5.74, 6) is -0.0903. The van der Waals surface area contributed by atoms with Gasteiger partial charge < -0.3 is 15.8 Å². The zero-order valence-electron chi connectivity index (χ0n) is 13.8. The van der Waals surface area contributed by atoms with Gasteiger partial charge in [-0.25, -0.2) is 0 Å². The van der Waals surface area contributed by atoms with Crippen LogP contribution in [0.25, 0.3) is 0 Å². The highest BCUT2D eigenvalue weighted by molar-refractivity contribution is 7.17. The van der Waals surface area contributed by atoms with Gasteiger partial charge >= 0.3 is 0 Å². The molecule has 0 radical (unpaired) electrons. The van der Waals surface area contributed by atoms with E-state index >= 15 is 0 Å². The fourth-order valence-corrected chi connectivity index (χ4v) is 4.23. The molecule has 1 heterocycles. The topological polar surface area (TPSA) is 81.4 Å². The minimum atomic E-state index is -0.486. The molecule has 1 aromatic carbocycles. The molecule has 0 spiro atoms. The molecule has 3 rings (SSSR count). The number of primary amides is 1. The maximum atomic E-state index is 12.2. The lowest BCUT2D eigenvalue weighted by Crippen LogP contribution is -2.22. The molecule has 2 amide bonds. The summed E-state index contributed by atoms with van der Waals surface area (Å²) in [4.78, 5) is 25.1. The minimum Gasteiger partial charge on any atom is -0.483 e. The number of rotatable bonds is 5. The molecular formula is C18H20N2O3S. The molecular weight excluding hydrogens is 324 g/mol. The van der Waals surface area contributed by atoms with Crippen LogP contribution in [0, 0.1) is 13.8 Å². The van der Waals surface area contributed by atoms with Crippen LogP contribution in [0.1, 0.15) is 38.3 Å². The first kappa shape index (κ1) is 16.5. The average molecular weight is 344 g/mol. The molecule has 3 N–H and O–H groups in total. The van der Waals surface area contributed by atoms with Gasteiger partial charge in [-0.15, -0.1) is 11.3 Å². The Morgan fingerprint density at radius 1 is 1.29 bits per heavy atom. The van der Waals surface area contributed by atoms with Crippen molar-refractivity contribution < 1.29 is 14.3 Å². The van der Waals surface area contributed by atoms with E-state index in [0.29, 0.717) is 16.3 Å². The number of carbonyl (C=O) groups excluding carboxylic acids is 2. The molecule has 24 heavy (non-hydrogen) atoms. The molecule has 1 aromatic heterocycles. The van der Waals surface area contributed by atoms with Gasteiger partial charge in [0.05, 0.1) is 5.56 Å². The maximum Gasteiger partial charge on any atom is 0.262 e. The number of nitrogens with two attached hydrogens (primary N) is 1. The van der Waals surface area contributed by atoms with Gasteiger partial charge in [-0.2, -0.15) is 0 Å². The van der Waals surface area contributed by atoms with E-state index < -0.39 is 5.91 Å². The predicted octanol–water partition coefficient (Wildman–Crippen LogP) is 2.97. The molecule has 6 heteroatoms. The number of amides is 2. The second-order valence-corrected chi connectivity index (χ2v) is 7.14. The summed E-state index contributed by atoms with van der Waals surface area (Å²) in [6.07, 6.45) is 2.82. The van der Waals surface area contributed by atoms with Crippen molar-refractivity contribution in [2.75, 3.05) is 11.9 Å². The van der Waals surface area contributed by atoms with Crippen LogP contribution in [0.2, 0.25) is 0 Å². The summed E-state index contributed by atoms with van der Waals surface area (Å²) < 4.78 is 5.61. The van der Waals surface area contributed by atoms with Crippen molar-refractivity contribution in [2.45, 2.75) is 33.1 Å². The first-order valence-corrected chi connectivity index (χ1v) is 8.71. The molecule has 0 aliphatic heterocycles. The van der Waals surface area contributed by atoms with Crippen LogP contribution >= 0.6 is 11.3 Å². The lowest BCUT2D eigenvalue weighted by molar-refractivity contribution is -0.118. The van der Waals surface area contributed by atoms with Crippen molar-refractivity contribution in [1.82, 2.24) is 0 Å². The van der Waals surface area contributed by atoms with Crippen molar-refractivity contribution in [1.29, 1.82) is 0 Å². The summed E-state index contributed by atoms with van der Waals surface area (Å²) in [6.45, 7) is 3.80. The number of nitrogens with one attached hydrogen (secondary N) is 1. The summed E-state index contributed by atoms with van der Waals surface area (Å²) in [5.41, 5.74) is 9.00. The van der Waals surface area contributed by atoms with Gasteiger partial charge in [0, 0.05) is 4.88 Å². The van der Waals surface area contributed by atoms with Crippen molar-refractivity contribution in [3.8, 4) is 5.75 Å². The first-order valence-electron chi connectivity index (χ1n) is 7.90. The fraction of sp³-hybridized carbons (Fsp3) is 0.333. The minimum absolute atomic E-state index is 0.106. The molecule has 0 unspecified atom stereocenters. The van der Waals surface area contributed by atoms with Gasteiger partial charge in [0.2, 0.25) is 0 Å². The highest BCUT2D eigenvalue weighted by atomic mass is 32.1. The Labute approximate surface area is 144 Å². The van der Waals surface area contributed by atoms with E-state index in [4.69, 9.17) is 10.5 Å². The molecule has 0 saturated heterocycles. The number of hydrogen-bond acceptors (Lipinski definition) is 4. The lowest BCUT2D eigenvalue weighted by Gasteiger charge is -2.10. The van der Waals surface area contributed by atoms with Crippen molar-refractivity contribution in [3.05, 3.63) is 45.3 Å². The molecule has 0 atom stereocenters. The summed E-state index contributed by atoms with van der Waals surface area (Å²) in [5, 5.41) is 3.32. The molecule has 1 aliphatic carbocycles. The number of benzene rings is 1. The highest BCUT2D eigenvalue weighted by Gasteiger charge is 2.26. The monoisotopic (exact) mass is 344 g/mol. The third-order valence-corrected chi connectivity index (χ3v) is 5.33. The molecule has 0 bridgehead atoms. The Hall–Kier alpha value is -2.34. The summed E-state index contributed by atoms with van der Waals surface area (Å²) in [7, 11) is 0. The molecule has 5 nitrogen and oxygen atoms in total. The summed E-state index contributed by atoms with van der Waals surface area (Å²) >= 11 is 1.44. The van der Waals surface area contributed by atoms with Gasteiger partial charge in [-0.05, 0) is 55.9 Å².